The monoisotopic (exact) mass is 357 g/mol. The lowest BCUT2D eigenvalue weighted by Gasteiger charge is -2.18. The summed E-state index contributed by atoms with van der Waals surface area (Å²) in [5, 5.41) is 0. The Morgan fingerprint density at radius 3 is 2.00 bits per heavy atom. The molecule has 1 atom stereocenters. The zero-order valence-electron chi connectivity index (χ0n) is 13.3. The Bertz CT molecular complexity index is 782. The minimum atomic E-state index is -4.42. The molecular weight excluding hydrogens is 339 g/mol. The van der Waals surface area contributed by atoms with Gasteiger partial charge in [-0.1, -0.05) is 36.8 Å². The van der Waals surface area contributed by atoms with Gasteiger partial charge in [-0.3, -0.25) is 0 Å². The maximum atomic E-state index is 12.6. The maximum Gasteiger partial charge on any atom is 0.416 e. The highest BCUT2D eigenvalue weighted by Gasteiger charge is 2.30. The van der Waals surface area contributed by atoms with Crippen molar-refractivity contribution in [3.63, 3.8) is 0 Å². The molecular formula is C17H18F3NO2S. The molecule has 0 aliphatic rings. The molecule has 0 amide bonds. The first-order chi connectivity index (χ1) is 11.1. The van der Waals surface area contributed by atoms with Gasteiger partial charge in [0, 0.05) is 6.04 Å². The van der Waals surface area contributed by atoms with Crippen LogP contribution in [0.3, 0.4) is 0 Å². The average molecular weight is 357 g/mol. The molecule has 2 aromatic carbocycles. The van der Waals surface area contributed by atoms with Gasteiger partial charge in [-0.05, 0) is 43.2 Å². The lowest BCUT2D eigenvalue weighted by atomic mass is 10.0. The Balaban J connectivity index is 2.24. The van der Waals surface area contributed by atoms with Gasteiger partial charge >= 0.3 is 6.18 Å². The second-order valence-corrected chi connectivity index (χ2v) is 7.23. The summed E-state index contributed by atoms with van der Waals surface area (Å²) in [6.45, 7) is 3.61. The first-order valence-electron chi connectivity index (χ1n) is 7.39. The number of hydrogen-bond donors (Lipinski definition) is 1. The maximum absolute atomic E-state index is 12.6. The second-order valence-electron chi connectivity index (χ2n) is 5.51. The third-order valence-electron chi connectivity index (χ3n) is 3.68. The second kappa shape index (κ2) is 6.94. The molecule has 0 radical (unpaired) electrons. The Kier molecular flexibility index (Phi) is 5.35. The smallest absolute Gasteiger partial charge is 0.207 e. The zero-order chi connectivity index (χ0) is 18.0. The van der Waals surface area contributed by atoms with Crippen LogP contribution >= 0.6 is 0 Å². The number of rotatable bonds is 5. The van der Waals surface area contributed by atoms with E-state index in [2.05, 4.69) is 4.72 Å². The van der Waals surface area contributed by atoms with E-state index in [4.69, 9.17) is 0 Å². The number of hydrogen-bond acceptors (Lipinski definition) is 2. The first-order valence-corrected chi connectivity index (χ1v) is 8.88. The number of sulfonamides is 1. The van der Waals surface area contributed by atoms with Crippen LogP contribution in [-0.4, -0.2) is 8.42 Å². The van der Waals surface area contributed by atoms with Crippen molar-refractivity contribution in [1.82, 2.24) is 4.72 Å². The highest BCUT2D eigenvalue weighted by Crippen LogP contribution is 2.30. The van der Waals surface area contributed by atoms with E-state index in [9.17, 15) is 21.6 Å². The SMILES string of the molecule is CCC(NS(=O)(=O)c1ccc(C)cc1)c1ccc(C(F)(F)F)cc1. The molecule has 1 N–H and O–H groups in total. The predicted octanol–water partition coefficient (Wildman–Crippen LogP) is 4.44. The quantitative estimate of drug-likeness (QED) is 0.860. The van der Waals surface area contributed by atoms with Crippen molar-refractivity contribution in [3.05, 3.63) is 65.2 Å². The molecule has 0 heterocycles. The van der Waals surface area contributed by atoms with Crippen LogP contribution in [0, 0.1) is 6.92 Å². The van der Waals surface area contributed by atoms with Gasteiger partial charge in [0.1, 0.15) is 0 Å². The summed E-state index contributed by atoms with van der Waals surface area (Å²) in [7, 11) is -3.75. The molecule has 0 saturated carbocycles. The molecule has 24 heavy (non-hydrogen) atoms. The summed E-state index contributed by atoms with van der Waals surface area (Å²) in [4.78, 5) is 0.124. The van der Waals surface area contributed by atoms with Gasteiger partial charge in [-0.15, -0.1) is 0 Å². The summed E-state index contributed by atoms with van der Waals surface area (Å²) in [6, 6.07) is 10.3. The highest BCUT2D eigenvalue weighted by molar-refractivity contribution is 7.89. The number of alkyl halides is 3. The zero-order valence-corrected chi connectivity index (χ0v) is 14.1. The van der Waals surface area contributed by atoms with E-state index >= 15 is 0 Å². The number of aryl methyl sites for hydroxylation is 1. The summed E-state index contributed by atoms with van der Waals surface area (Å²) >= 11 is 0. The fraction of sp³-hybridized carbons (Fsp3) is 0.294. The minimum absolute atomic E-state index is 0.124. The molecule has 1 unspecified atom stereocenters. The van der Waals surface area contributed by atoms with Crippen molar-refractivity contribution >= 4 is 10.0 Å². The Morgan fingerprint density at radius 2 is 1.54 bits per heavy atom. The lowest BCUT2D eigenvalue weighted by molar-refractivity contribution is -0.137. The Labute approximate surface area is 139 Å². The van der Waals surface area contributed by atoms with Crippen molar-refractivity contribution < 1.29 is 21.6 Å². The third kappa shape index (κ3) is 4.36. The molecule has 0 fully saturated rings. The molecule has 0 spiro atoms. The van der Waals surface area contributed by atoms with Crippen molar-refractivity contribution in [2.45, 2.75) is 37.4 Å². The van der Waals surface area contributed by atoms with Gasteiger partial charge in [0.05, 0.1) is 10.5 Å². The number of halogens is 3. The molecule has 0 aromatic heterocycles. The standard InChI is InChI=1S/C17H18F3NO2S/c1-3-16(13-6-8-14(9-7-13)17(18,19)20)21-24(22,23)15-10-4-12(2)5-11-15/h4-11,16,21H,3H2,1-2H3. The van der Waals surface area contributed by atoms with Gasteiger partial charge in [0.2, 0.25) is 10.0 Å². The van der Waals surface area contributed by atoms with Crippen molar-refractivity contribution in [2.24, 2.45) is 0 Å². The van der Waals surface area contributed by atoms with E-state index in [1.54, 1.807) is 19.1 Å². The molecule has 0 saturated heterocycles. The van der Waals surface area contributed by atoms with Gasteiger partial charge in [-0.2, -0.15) is 13.2 Å². The van der Waals surface area contributed by atoms with E-state index in [1.807, 2.05) is 6.92 Å². The van der Waals surface area contributed by atoms with Gasteiger partial charge in [-0.25, -0.2) is 13.1 Å². The number of nitrogens with one attached hydrogen (secondary N) is 1. The lowest BCUT2D eigenvalue weighted by Crippen LogP contribution is -2.28. The molecule has 2 rings (SSSR count). The fourth-order valence-corrected chi connectivity index (χ4v) is 3.57. The highest BCUT2D eigenvalue weighted by atomic mass is 32.2. The van der Waals surface area contributed by atoms with E-state index in [-0.39, 0.29) is 4.90 Å². The summed E-state index contributed by atoms with van der Waals surface area (Å²) in [5.74, 6) is 0. The van der Waals surface area contributed by atoms with E-state index < -0.39 is 27.8 Å². The molecule has 7 heteroatoms. The Morgan fingerprint density at radius 1 is 1.00 bits per heavy atom. The van der Waals surface area contributed by atoms with E-state index in [1.165, 1.54) is 24.3 Å². The van der Waals surface area contributed by atoms with Crippen molar-refractivity contribution in [2.75, 3.05) is 0 Å². The summed E-state index contributed by atoms with van der Waals surface area (Å²) < 4.78 is 65.2. The van der Waals surface area contributed by atoms with Crippen LogP contribution in [0.25, 0.3) is 0 Å². The van der Waals surface area contributed by atoms with E-state index in [0.717, 1.165) is 17.7 Å². The van der Waals surface area contributed by atoms with Gasteiger partial charge in [0.15, 0.2) is 0 Å². The van der Waals surface area contributed by atoms with E-state index in [0.29, 0.717) is 12.0 Å². The molecule has 0 aliphatic carbocycles. The van der Waals surface area contributed by atoms with Crippen molar-refractivity contribution in [3.8, 4) is 0 Å². The molecule has 130 valence electrons. The Hall–Kier alpha value is -1.86. The predicted molar refractivity (Wildman–Crippen MR) is 86.0 cm³/mol. The van der Waals surface area contributed by atoms with Gasteiger partial charge in [0.25, 0.3) is 0 Å². The van der Waals surface area contributed by atoms with Crippen LogP contribution in [0.5, 0.6) is 0 Å². The van der Waals surface area contributed by atoms with Crippen LogP contribution in [0.4, 0.5) is 13.2 Å². The normalized spacial score (nSPS) is 13.7. The summed E-state index contributed by atoms with van der Waals surface area (Å²) in [6.07, 6.45) is -4.00. The molecule has 0 aliphatic heterocycles. The average Bonchev–Trinajstić information content (AvgIpc) is 2.52. The summed E-state index contributed by atoms with van der Waals surface area (Å²) in [5.41, 5.74) is 0.660. The van der Waals surface area contributed by atoms with Crippen LogP contribution in [0.2, 0.25) is 0 Å². The van der Waals surface area contributed by atoms with Crippen LogP contribution < -0.4 is 4.72 Å². The third-order valence-corrected chi connectivity index (χ3v) is 5.16. The largest absolute Gasteiger partial charge is 0.416 e. The van der Waals surface area contributed by atoms with Gasteiger partial charge < -0.3 is 0 Å². The van der Waals surface area contributed by atoms with Crippen LogP contribution in [0.1, 0.15) is 36.1 Å². The fourth-order valence-electron chi connectivity index (χ4n) is 2.26. The minimum Gasteiger partial charge on any atom is -0.207 e. The topological polar surface area (TPSA) is 46.2 Å². The first kappa shape index (κ1) is 18.5. The molecule has 0 bridgehead atoms. The van der Waals surface area contributed by atoms with Crippen LogP contribution in [-0.2, 0) is 16.2 Å². The van der Waals surface area contributed by atoms with Crippen molar-refractivity contribution in [1.29, 1.82) is 0 Å². The van der Waals surface area contributed by atoms with Crippen LogP contribution in [0.15, 0.2) is 53.4 Å². The molecule has 3 nitrogen and oxygen atoms in total. The number of benzene rings is 2. The molecule has 2 aromatic rings.